The molecule has 0 bridgehead atoms. The molecule has 1 atom stereocenters. The molecule has 1 unspecified atom stereocenters. The molecule has 1 N–H and O–H groups in total. The van der Waals surface area contributed by atoms with Crippen molar-refractivity contribution in [2.75, 3.05) is 20.1 Å². The van der Waals surface area contributed by atoms with E-state index in [0.717, 1.165) is 38.0 Å². The van der Waals surface area contributed by atoms with Gasteiger partial charge in [-0.15, -0.1) is 24.8 Å². The number of imidazole rings is 1. The summed E-state index contributed by atoms with van der Waals surface area (Å²) in [6.45, 7) is 2.43. The summed E-state index contributed by atoms with van der Waals surface area (Å²) in [5.41, 5.74) is 1.94. The van der Waals surface area contributed by atoms with Crippen LogP contribution in [0.25, 0.3) is 0 Å². The Balaban J connectivity index is 0.00000144. The number of likely N-dealkylation sites (N-methyl/N-ethyl adjacent to an activating group) is 1. The Labute approximate surface area is 155 Å². The minimum atomic E-state index is 0. The van der Waals surface area contributed by atoms with E-state index in [9.17, 15) is 4.79 Å². The van der Waals surface area contributed by atoms with Gasteiger partial charge in [-0.25, -0.2) is 4.98 Å². The fourth-order valence-corrected chi connectivity index (χ4v) is 2.92. The van der Waals surface area contributed by atoms with Crippen molar-refractivity contribution >= 4 is 30.7 Å². The normalized spacial score (nSPS) is 16.9. The first-order valence-electron chi connectivity index (χ1n) is 7.77. The summed E-state index contributed by atoms with van der Waals surface area (Å²) in [4.78, 5) is 18.6. The maximum absolute atomic E-state index is 12.6. The fourth-order valence-electron chi connectivity index (χ4n) is 2.92. The van der Waals surface area contributed by atoms with Gasteiger partial charge in [0.25, 0.3) is 5.91 Å². The predicted molar refractivity (Wildman–Crippen MR) is 100 cm³/mol. The van der Waals surface area contributed by atoms with Gasteiger partial charge in [-0.3, -0.25) is 4.79 Å². The van der Waals surface area contributed by atoms with E-state index < -0.39 is 0 Å². The van der Waals surface area contributed by atoms with Crippen molar-refractivity contribution in [2.24, 2.45) is 0 Å². The monoisotopic (exact) mass is 370 g/mol. The number of likely N-dealkylation sites (tertiary alicyclic amines) is 1. The molecule has 2 heterocycles. The second kappa shape index (κ2) is 9.67. The molecule has 0 saturated carbocycles. The molecule has 2 aromatic rings. The highest BCUT2D eigenvalue weighted by Gasteiger charge is 2.23. The minimum Gasteiger partial charge on any atom is -0.337 e. The number of benzene rings is 1. The van der Waals surface area contributed by atoms with E-state index in [1.165, 1.54) is 5.56 Å². The zero-order valence-electron chi connectivity index (χ0n) is 13.7. The van der Waals surface area contributed by atoms with Crippen molar-refractivity contribution in [3.8, 4) is 0 Å². The number of aromatic nitrogens is 2. The summed E-state index contributed by atoms with van der Waals surface area (Å²) in [7, 11) is 1.96. The molecule has 1 saturated heterocycles. The van der Waals surface area contributed by atoms with Gasteiger partial charge in [-0.2, -0.15) is 0 Å². The number of halogens is 2. The quantitative estimate of drug-likeness (QED) is 0.899. The standard InChI is InChI=1S/C17H22N4O.2ClH/c1-18-16-3-2-9-21(12-16)17(22)15-6-4-14(5-7-15)11-20-10-8-19-13-20;;/h4-8,10,13,16,18H,2-3,9,11-12H2,1H3;2*1H. The molecule has 3 rings (SSSR count). The van der Waals surface area contributed by atoms with E-state index in [0.29, 0.717) is 6.04 Å². The topological polar surface area (TPSA) is 50.2 Å². The van der Waals surface area contributed by atoms with Crippen LogP contribution in [0.1, 0.15) is 28.8 Å². The number of carbonyl (C=O) groups is 1. The predicted octanol–water partition coefficient (Wildman–Crippen LogP) is 2.60. The van der Waals surface area contributed by atoms with Crippen LogP contribution in [-0.4, -0.2) is 46.5 Å². The highest BCUT2D eigenvalue weighted by molar-refractivity contribution is 5.94. The van der Waals surface area contributed by atoms with Crippen LogP contribution in [0, 0.1) is 0 Å². The first-order chi connectivity index (χ1) is 10.8. The van der Waals surface area contributed by atoms with Gasteiger partial charge in [0.2, 0.25) is 0 Å². The zero-order valence-corrected chi connectivity index (χ0v) is 15.4. The Hall–Kier alpha value is -1.56. The number of hydrogen-bond donors (Lipinski definition) is 1. The molecule has 1 aliphatic rings. The maximum atomic E-state index is 12.6. The lowest BCUT2D eigenvalue weighted by Crippen LogP contribution is -2.46. The second-order valence-corrected chi connectivity index (χ2v) is 5.81. The largest absolute Gasteiger partial charge is 0.337 e. The number of nitrogens with one attached hydrogen (secondary N) is 1. The van der Waals surface area contributed by atoms with E-state index in [-0.39, 0.29) is 30.7 Å². The fraction of sp³-hybridized carbons (Fsp3) is 0.412. The Kier molecular flexibility index (Phi) is 8.25. The van der Waals surface area contributed by atoms with Crippen molar-refractivity contribution in [3.05, 3.63) is 54.1 Å². The van der Waals surface area contributed by atoms with Gasteiger partial charge >= 0.3 is 0 Å². The van der Waals surface area contributed by atoms with Gasteiger partial charge < -0.3 is 14.8 Å². The zero-order chi connectivity index (χ0) is 15.4. The molecule has 1 aromatic carbocycles. The number of rotatable bonds is 4. The number of hydrogen-bond acceptors (Lipinski definition) is 3. The van der Waals surface area contributed by atoms with Crippen molar-refractivity contribution in [1.29, 1.82) is 0 Å². The Morgan fingerprint density at radius 2 is 2.04 bits per heavy atom. The van der Waals surface area contributed by atoms with Crippen LogP contribution < -0.4 is 5.32 Å². The molecule has 5 nitrogen and oxygen atoms in total. The summed E-state index contributed by atoms with van der Waals surface area (Å²) in [5, 5.41) is 3.27. The third-order valence-electron chi connectivity index (χ3n) is 4.24. The highest BCUT2D eigenvalue weighted by Crippen LogP contribution is 2.14. The van der Waals surface area contributed by atoms with Crippen LogP contribution in [0.15, 0.2) is 43.0 Å². The summed E-state index contributed by atoms with van der Waals surface area (Å²) < 4.78 is 2.01. The average Bonchev–Trinajstić information content (AvgIpc) is 3.08. The molecule has 132 valence electrons. The molecule has 1 aromatic heterocycles. The van der Waals surface area contributed by atoms with Crippen LogP contribution in [0.5, 0.6) is 0 Å². The summed E-state index contributed by atoms with van der Waals surface area (Å²) in [6, 6.07) is 8.31. The number of amides is 1. The van der Waals surface area contributed by atoms with E-state index in [4.69, 9.17) is 0 Å². The molecule has 1 amide bonds. The molecule has 1 aliphatic heterocycles. The molecule has 7 heteroatoms. The summed E-state index contributed by atoms with van der Waals surface area (Å²) >= 11 is 0. The lowest BCUT2D eigenvalue weighted by molar-refractivity contribution is 0.0698. The molecular weight excluding hydrogens is 347 g/mol. The Morgan fingerprint density at radius 1 is 1.29 bits per heavy atom. The van der Waals surface area contributed by atoms with Crippen molar-refractivity contribution < 1.29 is 4.79 Å². The molecule has 1 fully saturated rings. The van der Waals surface area contributed by atoms with Gasteiger partial charge in [0.05, 0.1) is 6.33 Å². The van der Waals surface area contributed by atoms with Crippen LogP contribution in [0.3, 0.4) is 0 Å². The number of nitrogens with zero attached hydrogens (tertiary/aromatic N) is 3. The maximum Gasteiger partial charge on any atom is 0.253 e. The third-order valence-corrected chi connectivity index (χ3v) is 4.24. The smallest absolute Gasteiger partial charge is 0.253 e. The van der Waals surface area contributed by atoms with Gasteiger partial charge in [0.15, 0.2) is 0 Å². The first kappa shape index (κ1) is 20.5. The van der Waals surface area contributed by atoms with Crippen LogP contribution in [0.4, 0.5) is 0 Å². The van der Waals surface area contributed by atoms with Crippen molar-refractivity contribution in [1.82, 2.24) is 19.8 Å². The summed E-state index contributed by atoms with van der Waals surface area (Å²) in [5.74, 6) is 0.133. The highest BCUT2D eigenvalue weighted by atomic mass is 35.5. The number of piperidine rings is 1. The Morgan fingerprint density at radius 3 is 2.67 bits per heavy atom. The third kappa shape index (κ3) is 4.97. The van der Waals surface area contributed by atoms with Gasteiger partial charge in [-0.1, -0.05) is 12.1 Å². The summed E-state index contributed by atoms with van der Waals surface area (Å²) in [6.07, 6.45) is 7.71. The van der Waals surface area contributed by atoms with Gasteiger partial charge in [0, 0.05) is 43.6 Å². The van der Waals surface area contributed by atoms with E-state index in [1.807, 2.05) is 47.0 Å². The minimum absolute atomic E-state index is 0. The molecule has 0 spiro atoms. The molecule has 0 radical (unpaired) electrons. The van der Waals surface area contributed by atoms with Crippen molar-refractivity contribution in [2.45, 2.75) is 25.4 Å². The molecule has 24 heavy (non-hydrogen) atoms. The second-order valence-electron chi connectivity index (χ2n) is 5.81. The van der Waals surface area contributed by atoms with Gasteiger partial charge in [0.1, 0.15) is 0 Å². The van der Waals surface area contributed by atoms with Crippen LogP contribution in [-0.2, 0) is 6.54 Å². The lowest BCUT2D eigenvalue weighted by Gasteiger charge is -2.32. The van der Waals surface area contributed by atoms with E-state index in [1.54, 1.807) is 12.5 Å². The SMILES string of the molecule is CNC1CCCN(C(=O)c2ccc(Cn3ccnc3)cc2)C1.Cl.Cl. The first-order valence-corrected chi connectivity index (χ1v) is 7.77. The average molecular weight is 371 g/mol. The van der Waals surface area contributed by atoms with Gasteiger partial charge in [-0.05, 0) is 37.6 Å². The Bertz CT molecular complexity index is 616. The molecule has 0 aliphatic carbocycles. The van der Waals surface area contributed by atoms with Crippen LogP contribution in [0.2, 0.25) is 0 Å². The van der Waals surface area contributed by atoms with E-state index >= 15 is 0 Å². The molecular formula is C17H24Cl2N4O. The van der Waals surface area contributed by atoms with E-state index in [2.05, 4.69) is 10.3 Å². The van der Waals surface area contributed by atoms with Crippen LogP contribution >= 0.6 is 24.8 Å². The lowest BCUT2D eigenvalue weighted by atomic mass is 10.0. The van der Waals surface area contributed by atoms with Crippen molar-refractivity contribution in [3.63, 3.8) is 0 Å². The number of carbonyl (C=O) groups excluding carboxylic acids is 1.